The van der Waals surface area contributed by atoms with Gasteiger partial charge in [0.15, 0.2) is 5.78 Å². The number of allylic oxidation sites excluding steroid dienone is 2. The van der Waals surface area contributed by atoms with Gasteiger partial charge in [-0.3, -0.25) is 9.78 Å². The van der Waals surface area contributed by atoms with Crippen molar-refractivity contribution in [3.05, 3.63) is 277 Å². The van der Waals surface area contributed by atoms with Gasteiger partial charge < -0.3 is 10.1 Å². The summed E-state index contributed by atoms with van der Waals surface area (Å²) in [6.07, 6.45) is 3.18. The Balaban J connectivity index is 0.000000174. The van der Waals surface area contributed by atoms with E-state index in [4.69, 9.17) is 19.9 Å². The molecule has 10 aromatic carbocycles. The molecule has 1 N–H and O–H groups in total. The van der Waals surface area contributed by atoms with Gasteiger partial charge in [-0.2, -0.15) is 0 Å². The zero-order valence-electron chi connectivity index (χ0n) is 49.7. The van der Waals surface area contributed by atoms with E-state index in [1.54, 1.807) is 0 Å². The molecule has 7 heteroatoms. The SMILES string of the molecule is CC(C)C(=O)C=C(O)C(C)C.Cc1[c-]c(-c2ncc(-c3ccccc3)nc2-c2cc(C)cc(C)c2)cc(C)c1.[Ir].c1ccc(-c2cc(-c3ccc4ccccc4c3)nc3c2ccc2c(-c4ccccc4)cc(-c4ccc5ccccc5c4)nc23)cc1. The third-order valence-corrected chi connectivity index (χ3v) is 15.2. The molecule has 3 aromatic heterocycles. The van der Waals surface area contributed by atoms with Crippen molar-refractivity contribution in [3.8, 4) is 78.5 Å². The van der Waals surface area contributed by atoms with Crippen molar-refractivity contribution in [2.24, 2.45) is 11.8 Å². The number of nitrogens with zero attached hydrogens (tertiary/aromatic N) is 4. The van der Waals surface area contributed by atoms with Crippen LogP contribution in [0.5, 0.6) is 0 Å². The van der Waals surface area contributed by atoms with Crippen LogP contribution in [0.25, 0.3) is 122 Å². The monoisotopic (exact) mass is 1300 g/mol. The number of fused-ring (bicyclic) bond motifs is 5. The van der Waals surface area contributed by atoms with E-state index in [-0.39, 0.29) is 43.5 Å². The predicted octanol–water partition coefficient (Wildman–Crippen LogP) is 20.6. The fourth-order valence-electron chi connectivity index (χ4n) is 10.8. The Bertz CT molecular complexity index is 4390. The molecule has 0 fully saturated rings. The molecule has 0 saturated carbocycles. The number of benzene rings is 10. The molecule has 13 rings (SSSR count). The molecule has 1 radical (unpaired) electrons. The van der Waals surface area contributed by atoms with Gasteiger partial charge in [-0.1, -0.05) is 247 Å². The summed E-state index contributed by atoms with van der Waals surface area (Å²) in [5.41, 5.74) is 21.0. The second-order valence-electron chi connectivity index (χ2n) is 22.6. The van der Waals surface area contributed by atoms with Gasteiger partial charge in [0.25, 0.3) is 0 Å². The van der Waals surface area contributed by atoms with E-state index in [1.165, 1.54) is 44.3 Å². The molecule has 0 atom stereocenters. The van der Waals surface area contributed by atoms with Crippen LogP contribution in [0.3, 0.4) is 0 Å². The summed E-state index contributed by atoms with van der Waals surface area (Å²) in [5.74, 6) is 0.161. The fourth-order valence-corrected chi connectivity index (χ4v) is 10.8. The van der Waals surface area contributed by atoms with Gasteiger partial charge in [-0.15, -0.1) is 34.9 Å². The largest absolute Gasteiger partial charge is 0.512 e. The minimum Gasteiger partial charge on any atom is -0.512 e. The van der Waals surface area contributed by atoms with E-state index in [1.807, 2.05) is 52.1 Å². The maximum atomic E-state index is 11.0. The maximum Gasteiger partial charge on any atom is 0.161 e. The van der Waals surface area contributed by atoms with Crippen LogP contribution in [-0.2, 0) is 24.9 Å². The Morgan fingerprint density at radius 1 is 0.419 bits per heavy atom. The summed E-state index contributed by atoms with van der Waals surface area (Å²) in [6.45, 7) is 15.7. The average Bonchev–Trinajstić information content (AvgIpc) is 0.945. The van der Waals surface area contributed by atoms with Gasteiger partial charge in [0.05, 0.1) is 39.6 Å². The molecule has 0 amide bonds. The molecule has 6 nitrogen and oxygen atoms in total. The maximum absolute atomic E-state index is 11.0. The molecule has 0 aliphatic rings. The summed E-state index contributed by atoms with van der Waals surface area (Å²) in [7, 11) is 0. The molecule has 0 aliphatic heterocycles. The first-order valence-corrected chi connectivity index (χ1v) is 29.1. The zero-order valence-corrected chi connectivity index (χ0v) is 52.1. The number of pyridine rings is 2. The average molecular weight is 1300 g/mol. The van der Waals surface area contributed by atoms with Gasteiger partial charge in [0, 0.05) is 77.4 Å². The molecule has 13 aromatic rings. The van der Waals surface area contributed by atoms with Gasteiger partial charge in [-0.25, -0.2) is 9.97 Å². The summed E-state index contributed by atoms with van der Waals surface area (Å²) in [4.78, 5) is 31.8. The van der Waals surface area contributed by atoms with Gasteiger partial charge in [-0.05, 0) is 87.5 Å². The third kappa shape index (κ3) is 13.5. The minimum absolute atomic E-state index is 0. The number of aryl methyl sites for hydroxylation is 4. The molecule has 3 heterocycles. The standard InChI is InChI=1S/C44H28N2.C26H23N2.C9H16O2.Ir/c1-3-13-31(14-4-1)39-27-41(35-21-19-29-11-7-9-17-33(29)25-35)45-43-37(39)23-24-38-40(32-15-5-2-6-16-32)28-42(46-44(38)43)36-22-20-30-12-8-10-18-34(30)26-36;1-17-10-18(2)13-22(12-17)25-26(23-14-19(3)11-20(4)15-23)28-24(16-27-25)21-8-6-5-7-9-21;1-6(2)8(10)5-9(11)7(3)4;/h1-28H;5-12,14-16H,1-4H3;5-7,10H,1-4H3;/q;-1;;. The van der Waals surface area contributed by atoms with Gasteiger partial charge in [0.1, 0.15) is 0 Å². The topological polar surface area (TPSA) is 88.9 Å². The van der Waals surface area contributed by atoms with Crippen molar-refractivity contribution in [1.29, 1.82) is 0 Å². The number of carbonyl (C=O) groups is 1. The van der Waals surface area contributed by atoms with Crippen molar-refractivity contribution in [2.75, 3.05) is 0 Å². The number of rotatable bonds is 10. The molecule has 0 saturated heterocycles. The number of aliphatic hydroxyl groups is 1. The predicted molar refractivity (Wildman–Crippen MR) is 355 cm³/mol. The molecule has 0 unspecified atom stereocenters. The molecular formula is C79H67IrN4O2-. The summed E-state index contributed by atoms with van der Waals surface area (Å²) in [6, 6.07) is 84.8. The van der Waals surface area contributed by atoms with Crippen LogP contribution in [0.1, 0.15) is 49.9 Å². The van der Waals surface area contributed by atoms with E-state index >= 15 is 0 Å². The number of ketones is 1. The second kappa shape index (κ2) is 26.6. The quantitative estimate of drug-likeness (QED) is 0.0635. The minimum atomic E-state index is -0.0316. The van der Waals surface area contributed by atoms with E-state index in [9.17, 15) is 9.90 Å². The van der Waals surface area contributed by atoms with Crippen molar-refractivity contribution in [3.63, 3.8) is 0 Å². The first-order valence-electron chi connectivity index (χ1n) is 29.1. The van der Waals surface area contributed by atoms with Gasteiger partial charge >= 0.3 is 0 Å². The zero-order chi connectivity index (χ0) is 59.1. The van der Waals surface area contributed by atoms with Crippen molar-refractivity contribution in [2.45, 2.75) is 55.4 Å². The third-order valence-electron chi connectivity index (χ3n) is 15.2. The Hall–Kier alpha value is -9.52. The first kappa shape index (κ1) is 59.6. The van der Waals surface area contributed by atoms with Crippen LogP contribution in [0.15, 0.2) is 249 Å². The molecule has 0 aliphatic carbocycles. The number of hydrogen-bond acceptors (Lipinski definition) is 6. The van der Waals surface area contributed by atoms with Crippen molar-refractivity contribution in [1.82, 2.24) is 19.9 Å². The van der Waals surface area contributed by atoms with Crippen LogP contribution < -0.4 is 0 Å². The molecule has 0 spiro atoms. The van der Waals surface area contributed by atoms with Crippen LogP contribution in [0.4, 0.5) is 0 Å². The second-order valence-corrected chi connectivity index (χ2v) is 22.6. The van der Waals surface area contributed by atoms with E-state index in [0.717, 1.165) is 106 Å². The summed E-state index contributed by atoms with van der Waals surface area (Å²) < 4.78 is 0. The normalized spacial score (nSPS) is 11.3. The molecule has 0 bridgehead atoms. The number of aromatic nitrogens is 4. The Morgan fingerprint density at radius 2 is 0.872 bits per heavy atom. The van der Waals surface area contributed by atoms with E-state index < -0.39 is 0 Å². The van der Waals surface area contributed by atoms with Crippen LogP contribution in [-0.4, -0.2) is 30.8 Å². The Morgan fingerprint density at radius 3 is 1.34 bits per heavy atom. The van der Waals surface area contributed by atoms with E-state index in [0.29, 0.717) is 0 Å². The Labute approximate surface area is 518 Å². The summed E-state index contributed by atoms with van der Waals surface area (Å²) >= 11 is 0. The fraction of sp³-hybridized carbons (Fsp3) is 0.127. The van der Waals surface area contributed by atoms with Crippen LogP contribution >= 0.6 is 0 Å². The number of hydrogen-bond donors (Lipinski definition) is 1. The van der Waals surface area contributed by atoms with Crippen molar-refractivity contribution < 1.29 is 30.0 Å². The van der Waals surface area contributed by atoms with Gasteiger partial charge in [0.2, 0.25) is 0 Å². The smallest absolute Gasteiger partial charge is 0.161 e. The van der Waals surface area contributed by atoms with Crippen molar-refractivity contribution >= 4 is 49.1 Å². The number of aliphatic hydroxyl groups excluding tert-OH is 1. The van der Waals surface area contributed by atoms with Crippen LogP contribution in [0, 0.1) is 45.6 Å². The molecule has 86 heavy (non-hydrogen) atoms. The summed E-state index contributed by atoms with van der Waals surface area (Å²) in [5, 5.41) is 16.2. The number of carbonyl (C=O) groups excluding carboxylic acids is 1. The van der Waals surface area contributed by atoms with E-state index in [2.05, 4.69) is 246 Å². The molecule has 425 valence electrons. The molecular weight excluding hydrogens is 1230 g/mol. The van der Waals surface area contributed by atoms with Crippen LogP contribution in [0.2, 0.25) is 0 Å². The Kier molecular flexibility index (Phi) is 18.4. The first-order chi connectivity index (χ1) is 41.2.